The van der Waals surface area contributed by atoms with Crippen LogP contribution in [0.25, 0.3) is 0 Å². The van der Waals surface area contributed by atoms with Crippen molar-refractivity contribution in [2.24, 2.45) is 4.99 Å². The van der Waals surface area contributed by atoms with Crippen LogP contribution >= 0.6 is 15.9 Å². The Morgan fingerprint density at radius 2 is 2.33 bits per heavy atom. The number of alkyl halides is 1. The van der Waals surface area contributed by atoms with Gasteiger partial charge in [0.05, 0.1) is 0 Å². The Labute approximate surface area is 112 Å². The maximum Gasteiger partial charge on any atom is 0.435 e. The van der Waals surface area contributed by atoms with Gasteiger partial charge in [0, 0.05) is 19.3 Å². The van der Waals surface area contributed by atoms with E-state index in [4.69, 9.17) is 4.74 Å². The van der Waals surface area contributed by atoms with E-state index in [-0.39, 0.29) is 13.2 Å². The lowest BCUT2D eigenvalue weighted by Crippen LogP contribution is -2.33. The van der Waals surface area contributed by atoms with Gasteiger partial charge in [-0.05, 0) is 27.6 Å². The summed E-state index contributed by atoms with van der Waals surface area (Å²) < 4.78 is 18.0. The molecule has 1 amide bonds. The second kappa shape index (κ2) is 5.90. The Morgan fingerprint density at radius 3 is 2.89 bits per heavy atom. The zero-order valence-electron chi connectivity index (χ0n) is 9.47. The molecule has 0 aliphatic carbocycles. The first-order valence-corrected chi connectivity index (χ1v) is 6.14. The number of aromatic nitrogens is 1. The van der Waals surface area contributed by atoms with E-state index in [1.807, 2.05) is 6.07 Å². The zero-order valence-corrected chi connectivity index (χ0v) is 11.1. The number of carbonyl (C=O) groups is 1. The summed E-state index contributed by atoms with van der Waals surface area (Å²) in [6.07, 6.45) is 1.07. The number of nitrogens with zero attached hydrogens (tertiary/aromatic N) is 3. The van der Waals surface area contributed by atoms with Crippen LogP contribution in [0.3, 0.4) is 0 Å². The molecule has 2 rings (SSSR count). The molecule has 0 fully saturated rings. The van der Waals surface area contributed by atoms with Gasteiger partial charge in [-0.3, -0.25) is 0 Å². The molecule has 0 saturated carbocycles. The minimum absolute atomic E-state index is 0.1000. The average molecular weight is 316 g/mol. The average Bonchev–Trinajstić information content (AvgIpc) is 2.78. The molecule has 1 aliphatic heterocycles. The minimum Gasteiger partial charge on any atom is -0.440 e. The molecular weight excluding hydrogens is 305 g/mol. The normalized spacial score (nSPS) is 14.3. The maximum atomic E-state index is 12.5. The summed E-state index contributed by atoms with van der Waals surface area (Å²) in [6, 6.07) is 3.68. The number of aliphatic imine (C=N–C) groups is 1. The van der Waals surface area contributed by atoms with Crippen LogP contribution in [-0.4, -0.2) is 41.6 Å². The summed E-state index contributed by atoms with van der Waals surface area (Å²) in [5.41, 5.74) is 0.911. The van der Waals surface area contributed by atoms with Crippen LogP contribution in [0.5, 0.6) is 0 Å². The Balaban J connectivity index is 2.08. The van der Waals surface area contributed by atoms with Crippen LogP contribution in [-0.2, 0) is 11.3 Å². The third-order valence-electron chi connectivity index (χ3n) is 2.43. The molecule has 0 spiro atoms. The van der Waals surface area contributed by atoms with E-state index >= 15 is 0 Å². The monoisotopic (exact) mass is 315 g/mol. The fourth-order valence-corrected chi connectivity index (χ4v) is 1.81. The van der Waals surface area contributed by atoms with Gasteiger partial charge in [0.1, 0.15) is 11.3 Å². The predicted molar refractivity (Wildman–Crippen MR) is 67.1 cm³/mol. The van der Waals surface area contributed by atoms with E-state index in [1.54, 1.807) is 17.2 Å². The lowest BCUT2D eigenvalue weighted by molar-refractivity contribution is 0.179. The van der Waals surface area contributed by atoms with Crippen molar-refractivity contribution >= 4 is 27.9 Å². The molecule has 0 N–H and O–H groups in total. The van der Waals surface area contributed by atoms with Gasteiger partial charge in [-0.25, -0.2) is 14.2 Å². The number of amidine groups is 1. The van der Waals surface area contributed by atoms with Crippen LogP contribution < -0.4 is 0 Å². The Hall–Kier alpha value is -1.50. The van der Waals surface area contributed by atoms with Crippen LogP contribution in [0, 0.1) is 0 Å². The summed E-state index contributed by atoms with van der Waals surface area (Å²) in [7, 11) is 0. The molecule has 1 aromatic heterocycles. The molecule has 18 heavy (non-hydrogen) atoms. The van der Waals surface area contributed by atoms with E-state index in [9.17, 15) is 9.18 Å². The van der Waals surface area contributed by atoms with Crippen molar-refractivity contribution < 1.29 is 13.9 Å². The maximum absolute atomic E-state index is 12.5. The van der Waals surface area contributed by atoms with Crippen LogP contribution in [0.1, 0.15) is 5.56 Å². The highest BCUT2D eigenvalue weighted by molar-refractivity contribution is 9.10. The van der Waals surface area contributed by atoms with Gasteiger partial charge in [-0.2, -0.15) is 4.99 Å². The van der Waals surface area contributed by atoms with Crippen molar-refractivity contribution in [3.05, 3.63) is 28.5 Å². The standard InChI is InChI=1S/C11H11BrFN3O2/c12-9-2-1-8(5-14-9)6-16(4-3-13)10-7-18-11(17)15-10/h1-2,5H,3-4,6-7H2. The van der Waals surface area contributed by atoms with E-state index < -0.39 is 12.8 Å². The van der Waals surface area contributed by atoms with Gasteiger partial charge >= 0.3 is 6.09 Å². The SMILES string of the molecule is O=C1N=C(N(CCF)Cc2ccc(Br)nc2)CO1. The Morgan fingerprint density at radius 1 is 1.50 bits per heavy atom. The zero-order chi connectivity index (χ0) is 13.0. The number of carbonyl (C=O) groups excluding carboxylic acids is 1. The molecule has 96 valence electrons. The van der Waals surface area contributed by atoms with Crippen molar-refractivity contribution in [3.63, 3.8) is 0 Å². The molecule has 2 heterocycles. The van der Waals surface area contributed by atoms with Gasteiger partial charge in [0.2, 0.25) is 0 Å². The highest BCUT2D eigenvalue weighted by Gasteiger charge is 2.21. The second-order valence-corrected chi connectivity index (χ2v) is 4.49. The van der Waals surface area contributed by atoms with Gasteiger partial charge in [-0.15, -0.1) is 0 Å². The van der Waals surface area contributed by atoms with E-state index in [0.29, 0.717) is 12.4 Å². The molecular formula is C11H11BrFN3O2. The molecule has 0 unspecified atom stereocenters. The number of amides is 1. The summed E-state index contributed by atoms with van der Waals surface area (Å²) in [5.74, 6) is 0.459. The summed E-state index contributed by atoms with van der Waals surface area (Å²) >= 11 is 3.24. The number of ether oxygens (including phenoxy) is 1. The van der Waals surface area contributed by atoms with Crippen molar-refractivity contribution in [1.29, 1.82) is 0 Å². The molecule has 1 aliphatic rings. The minimum atomic E-state index is -0.622. The third kappa shape index (κ3) is 3.25. The largest absolute Gasteiger partial charge is 0.440 e. The van der Waals surface area contributed by atoms with Crippen LogP contribution in [0.2, 0.25) is 0 Å². The fraction of sp³-hybridized carbons (Fsp3) is 0.364. The number of pyridine rings is 1. The predicted octanol–water partition coefficient (Wildman–Crippen LogP) is 2.16. The molecule has 0 atom stereocenters. The Kier molecular flexibility index (Phi) is 4.24. The molecule has 1 aromatic rings. The molecule has 5 nitrogen and oxygen atoms in total. The summed E-state index contributed by atoms with van der Waals surface area (Å²) in [6.45, 7) is 0.200. The summed E-state index contributed by atoms with van der Waals surface area (Å²) in [5, 5.41) is 0. The molecule has 0 saturated heterocycles. The molecule has 7 heteroatoms. The molecule has 0 bridgehead atoms. The number of hydrogen-bond donors (Lipinski definition) is 0. The van der Waals surface area contributed by atoms with Crippen LogP contribution in [0.4, 0.5) is 9.18 Å². The lowest BCUT2D eigenvalue weighted by Gasteiger charge is -2.21. The van der Waals surface area contributed by atoms with Gasteiger partial charge in [0.15, 0.2) is 12.4 Å². The topological polar surface area (TPSA) is 54.8 Å². The lowest BCUT2D eigenvalue weighted by atomic mass is 10.2. The fourth-order valence-electron chi connectivity index (χ4n) is 1.58. The summed E-state index contributed by atoms with van der Waals surface area (Å²) in [4.78, 5) is 20.4. The quantitative estimate of drug-likeness (QED) is 0.799. The molecule has 0 radical (unpaired) electrons. The first kappa shape index (κ1) is 12.9. The van der Waals surface area contributed by atoms with Gasteiger partial charge < -0.3 is 9.64 Å². The second-order valence-electron chi connectivity index (χ2n) is 3.68. The van der Waals surface area contributed by atoms with Crippen LogP contribution in [0.15, 0.2) is 27.9 Å². The third-order valence-corrected chi connectivity index (χ3v) is 2.90. The van der Waals surface area contributed by atoms with Gasteiger partial charge in [-0.1, -0.05) is 6.07 Å². The number of hydrogen-bond acceptors (Lipinski definition) is 4. The van der Waals surface area contributed by atoms with Crippen molar-refractivity contribution in [2.75, 3.05) is 19.8 Å². The van der Waals surface area contributed by atoms with E-state index in [2.05, 4.69) is 25.9 Å². The first-order valence-electron chi connectivity index (χ1n) is 5.34. The molecule has 0 aromatic carbocycles. The van der Waals surface area contributed by atoms with Gasteiger partial charge in [0.25, 0.3) is 0 Å². The van der Waals surface area contributed by atoms with Crippen molar-refractivity contribution in [2.45, 2.75) is 6.54 Å². The van der Waals surface area contributed by atoms with Crippen molar-refractivity contribution in [1.82, 2.24) is 9.88 Å². The van der Waals surface area contributed by atoms with Crippen molar-refractivity contribution in [3.8, 4) is 0 Å². The Bertz CT molecular complexity index is 464. The highest BCUT2D eigenvalue weighted by atomic mass is 79.9. The van der Waals surface area contributed by atoms with E-state index in [1.165, 1.54) is 0 Å². The highest BCUT2D eigenvalue weighted by Crippen LogP contribution is 2.11. The first-order chi connectivity index (χ1) is 8.69. The van der Waals surface area contributed by atoms with E-state index in [0.717, 1.165) is 10.2 Å². The number of rotatable bonds is 4. The number of halogens is 2. The number of cyclic esters (lactones) is 1. The smallest absolute Gasteiger partial charge is 0.435 e.